The first kappa shape index (κ1) is 11.7. The number of pyridine rings is 1. The molecule has 0 spiro atoms. The van der Waals surface area contributed by atoms with E-state index in [2.05, 4.69) is 15.3 Å². The Morgan fingerprint density at radius 2 is 2.10 bits per heavy atom. The minimum absolute atomic E-state index is 0.458. The predicted octanol–water partition coefficient (Wildman–Crippen LogP) is 2.93. The number of anilines is 1. The van der Waals surface area contributed by atoms with Crippen molar-refractivity contribution in [3.63, 3.8) is 0 Å². The molecule has 5 nitrogen and oxygen atoms in total. The van der Waals surface area contributed by atoms with Gasteiger partial charge in [-0.05, 0) is 37.1 Å². The maximum absolute atomic E-state index is 6.23. The minimum atomic E-state index is 0.458. The van der Waals surface area contributed by atoms with Crippen LogP contribution in [0.15, 0.2) is 30.5 Å². The van der Waals surface area contributed by atoms with Crippen LogP contribution in [-0.2, 0) is 0 Å². The molecule has 1 aliphatic carbocycles. The van der Waals surface area contributed by atoms with E-state index in [1.807, 2.05) is 24.3 Å². The molecular weight excluding hydrogens is 274 g/mol. The van der Waals surface area contributed by atoms with Crippen LogP contribution in [0.2, 0.25) is 5.02 Å². The van der Waals surface area contributed by atoms with Crippen molar-refractivity contribution in [1.29, 1.82) is 0 Å². The summed E-state index contributed by atoms with van der Waals surface area (Å²) < 4.78 is 1.80. The summed E-state index contributed by atoms with van der Waals surface area (Å²) in [4.78, 5) is 4.43. The molecule has 1 saturated carbocycles. The second-order valence-corrected chi connectivity index (χ2v) is 5.42. The standard InChI is InChI=1S/C14H12ClN5/c15-10-5-6-11(12-9(10)2-1-7-17-12)20-13(8-3-4-8)14(16)18-19-20/h1-2,5-8H,3-4,16H2. The van der Waals surface area contributed by atoms with Gasteiger partial charge < -0.3 is 5.73 Å². The van der Waals surface area contributed by atoms with Crippen LogP contribution in [0.4, 0.5) is 5.82 Å². The van der Waals surface area contributed by atoms with E-state index < -0.39 is 0 Å². The van der Waals surface area contributed by atoms with Gasteiger partial charge in [0.25, 0.3) is 0 Å². The molecule has 2 N–H and O–H groups in total. The van der Waals surface area contributed by atoms with Crippen molar-refractivity contribution in [3.05, 3.63) is 41.2 Å². The summed E-state index contributed by atoms with van der Waals surface area (Å²) in [5.41, 5.74) is 8.62. The molecule has 2 heterocycles. The number of hydrogen-bond donors (Lipinski definition) is 1. The predicted molar refractivity (Wildman–Crippen MR) is 78.1 cm³/mol. The monoisotopic (exact) mass is 285 g/mol. The summed E-state index contributed by atoms with van der Waals surface area (Å²) in [7, 11) is 0. The smallest absolute Gasteiger partial charge is 0.169 e. The lowest BCUT2D eigenvalue weighted by Crippen LogP contribution is -2.04. The maximum Gasteiger partial charge on any atom is 0.169 e. The quantitative estimate of drug-likeness (QED) is 0.786. The van der Waals surface area contributed by atoms with E-state index >= 15 is 0 Å². The Bertz CT molecular complexity index is 806. The van der Waals surface area contributed by atoms with Crippen LogP contribution in [0.25, 0.3) is 16.6 Å². The summed E-state index contributed by atoms with van der Waals surface area (Å²) in [6, 6.07) is 7.59. The van der Waals surface area contributed by atoms with Crippen molar-refractivity contribution in [2.45, 2.75) is 18.8 Å². The molecule has 1 aromatic carbocycles. The highest BCUT2D eigenvalue weighted by molar-refractivity contribution is 6.35. The third-order valence-corrected chi connectivity index (χ3v) is 3.95. The second-order valence-electron chi connectivity index (χ2n) is 5.01. The molecule has 0 atom stereocenters. The molecular formula is C14H12ClN5. The molecule has 0 unspecified atom stereocenters. The zero-order valence-corrected chi connectivity index (χ0v) is 11.4. The fourth-order valence-corrected chi connectivity index (χ4v) is 2.73. The molecule has 1 aliphatic rings. The van der Waals surface area contributed by atoms with Crippen molar-refractivity contribution in [2.75, 3.05) is 5.73 Å². The molecule has 6 heteroatoms. The Morgan fingerprint density at radius 1 is 1.25 bits per heavy atom. The van der Waals surface area contributed by atoms with Gasteiger partial charge in [-0.3, -0.25) is 4.98 Å². The Hall–Kier alpha value is -2.14. The number of halogens is 1. The third-order valence-electron chi connectivity index (χ3n) is 3.62. The molecule has 3 aromatic rings. The second kappa shape index (κ2) is 4.18. The topological polar surface area (TPSA) is 69.6 Å². The van der Waals surface area contributed by atoms with Crippen molar-refractivity contribution >= 4 is 28.3 Å². The van der Waals surface area contributed by atoms with Gasteiger partial charge in [0.1, 0.15) is 0 Å². The number of rotatable bonds is 2. The molecule has 0 saturated heterocycles. The Balaban J connectivity index is 2.02. The van der Waals surface area contributed by atoms with Crippen LogP contribution in [0, 0.1) is 0 Å². The normalized spacial score (nSPS) is 14.8. The zero-order valence-electron chi connectivity index (χ0n) is 10.6. The van der Waals surface area contributed by atoms with Gasteiger partial charge in [-0.2, -0.15) is 0 Å². The van der Waals surface area contributed by atoms with Crippen molar-refractivity contribution in [3.8, 4) is 5.69 Å². The number of aromatic nitrogens is 4. The fourth-order valence-electron chi connectivity index (χ4n) is 2.51. The molecule has 2 aromatic heterocycles. The fraction of sp³-hybridized carbons (Fsp3) is 0.214. The van der Waals surface area contributed by atoms with Gasteiger partial charge >= 0.3 is 0 Å². The molecule has 0 bridgehead atoms. The lowest BCUT2D eigenvalue weighted by Gasteiger charge is -2.09. The summed E-state index contributed by atoms with van der Waals surface area (Å²) in [5, 5.41) is 9.78. The van der Waals surface area contributed by atoms with Gasteiger partial charge in [-0.1, -0.05) is 16.8 Å². The first-order valence-corrected chi connectivity index (χ1v) is 6.88. The molecule has 4 rings (SSSR count). The lowest BCUT2D eigenvalue weighted by atomic mass is 10.2. The van der Waals surface area contributed by atoms with Crippen LogP contribution in [0.5, 0.6) is 0 Å². The van der Waals surface area contributed by atoms with E-state index in [-0.39, 0.29) is 0 Å². The SMILES string of the molecule is Nc1nnn(-c2ccc(Cl)c3cccnc23)c1C1CC1. The Labute approximate surface area is 120 Å². The van der Waals surface area contributed by atoms with Gasteiger partial charge in [0.2, 0.25) is 0 Å². The van der Waals surface area contributed by atoms with E-state index in [9.17, 15) is 0 Å². The highest BCUT2D eigenvalue weighted by Gasteiger charge is 2.31. The highest BCUT2D eigenvalue weighted by Crippen LogP contribution is 2.43. The van der Waals surface area contributed by atoms with Crippen LogP contribution >= 0.6 is 11.6 Å². The van der Waals surface area contributed by atoms with E-state index in [0.29, 0.717) is 16.8 Å². The number of benzene rings is 1. The maximum atomic E-state index is 6.23. The van der Waals surface area contributed by atoms with Crippen LogP contribution < -0.4 is 5.73 Å². The van der Waals surface area contributed by atoms with Gasteiger partial charge in [-0.25, -0.2) is 4.68 Å². The molecule has 1 fully saturated rings. The first-order valence-electron chi connectivity index (χ1n) is 6.50. The third kappa shape index (κ3) is 1.67. The number of hydrogen-bond acceptors (Lipinski definition) is 4. The van der Waals surface area contributed by atoms with Crippen LogP contribution in [0.3, 0.4) is 0 Å². The summed E-state index contributed by atoms with van der Waals surface area (Å²) in [5.74, 6) is 0.964. The summed E-state index contributed by atoms with van der Waals surface area (Å²) in [6.45, 7) is 0. The highest BCUT2D eigenvalue weighted by atomic mass is 35.5. The van der Waals surface area contributed by atoms with E-state index in [0.717, 1.165) is 35.1 Å². The van der Waals surface area contributed by atoms with E-state index in [1.165, 1.54) is 0 Å². The van der Waals surface area contributed by atoms with E-state index in [4.69, 9.17) is 17.3 Å². The molecule has 0 amide bonds. The van der Waals surface area contributed by atoms with Crippen molar-refractivity contribution in [2.24, 2.45) is 0 Å². The largest absolute Gasteiger partial charge is 0.381 e. The first-order chi connectivity index (χ1) is 9.75. The van der Waals surface area contributed by atoms with E-state index in [1.54, 1.807) is 10.9 Å². The number of nitrogens with two attached hydrogens (primary N) is 1. The summed E-state index contributed by atoms with van der Waals surface area (Å²) >= 11 is 6.23. The molecule has 100 valence electrons. The average molecular weight is 286 g/mol. The number of fused-ring (bicyclic) bond motifs is 1. The van der Waals surface area contributed by atoms with Gasteiger partial charge in [0.05, 0.1) is 21.9 Å². The van der Waals surface area contributed by atoms with Crippen LogP contribution in [0.1, 0.15) is 24.5 Å². The summed E-state index contributed by atoms with van der Waals surface area (Å²) in [6.07, 6.45) is 4.02. The minimum Gasteiger partial charge on any atom is -0.381 e. The zero-order chi connectivity index (χ0) is 13.7. The van der Waals surface area contributed by atoms with Crippen molar-refractivity contribution in [1.82, 2.24) is 20.0 Å². The molecule has 0 aliphatic heterocycles. The molecule has 0 radical (unpaired) electrons. The Kier molecular flexibility index (Phi) is 2.44. The number of nitrogens with zero attached hydrogens (tertiary/aromatic N) is 4. The number of nitrogen functional groups attached to an aromatic ring is 1. The van der Waals surface area contributed by atoms with Crippen LogP contribution in [-0.4, -0.2) is 20.0 Å². The Morgan fingerprint density at radius 3 is 2.90 bits per heavy atom. The van der Waals surface area contributed by atoms with Gasteiger partial charge in [-0.15, -0.1) is 5.10 Å². The molecule has 20 heavy (non-hydrogen) atoms. The van der Waals surface area contributed by atoms with Gasteiger partial charge in [0.15, 0.2) is 5.82 Å². The van der Waals surface area contributed by atoms with Gasteiger partial charge in [0, 0.05) is 17.5 Å². The lowest BCUT2D eigenvalue weighted by molar-refractivity contribution is 0.767. The van der Waals surface area contributed by atoms with Crippen molar-refractivity contribution < 1.29 is 0 Å². The average Bonchev–Trinajstić information content (AvgIpc) is 3.23.